The lowest BCUT2D eigenvalue weighted by Crippen LogP contribution is -2.41. The van der Waals surface area contributed by atoms with Gasteiger partial charge in [-0.3, -0.25) is 9.88 Å². The summed E-state index contributed by atoms with van der Waals surface area (Å²) in [6.07, 6.45) is 2.50. The number of nitrogens with one attached hydrogen (secondary N) is 1. The summed E-state index contributed by atoms with van der Waals surface area (Å²) in [7, 11) is 0. The van der Waals surface area contributed by atoms with Gasteiger partial charge in [0.25, 0.3) is 0 Å². The van der Waals surface area contributed by atoms with Crippen molar-refractivity contribution in [2.24, 2.45) is 5.41 Å². The average molecular weight is 315 g/mol. The normalized spacial score (nSPS) is 19.2. The molecule has 4 heteroatoms. The average Bonchev–Trinajstić information content (AvgIpc) is 2.74. The summed E-state index contributed by atoms with van der Waals surface area (Å²) in [5, 5.41) is 4.81. The Kier molecular flexibility index (Phi) is 3.65. The van der Waals surface area contributed by atoms with Gasteiger partial charge in [0.2, 0.25) is 0 Å². The first-order chi connectivity index (χ1) is 10.1. The van der Waals surface area contributed by atoms with E-state index in [-0.39, 0.29) is 17.1 Å². The molecule has 118 valence electrons. The van der Waals surface area contributed by atoms with E-state index in [1.165, 1.54) is 10.4 Å². The van der Waals surface area contributed by atoms with Crippen LogP contribution in [0.1, 0.15) is 47.7 Å². The van der Waals surface area contributed by atoms with Crippen LogP contribution >= 0.6 is 11.8 Å². The lowest BCUT2D eigenvalue weighted by atomic mass is 9.95. The van der Waals surface area contributed by atoms with Crippen molar-refractivity contribution in [1.29, 1.82) is 0 Å². The van der Waals surface area contributed by atoms with Gasteiger partial charge in [-0.25, -0.2) is 4.98 Å². The first kappa shape index (κ1) is 15.6. The van der Waals surface area contributed by atoms with Crippen molar-refractivity contribution in [3.8, 4) is 0 Å². The van der Waals surface area contributed by atoms with Gasteiger partial charge < -0.3 is 0 Å². The molecule has 1 atom stereocenters. The Bertz CT molecular complexity index is 729. The molecule has 1 aromatic carbocycles. The summed E-state index contributed by atoms with van der Waals surface area (Å²) in [5.74, 6) is 0. The molecular formula is C18H25N3S. The van der Waals surface area contributed by atoms with Crippen LogP contribution in [0.25, 0.3) is 11.0 Å². The van der Waals surface area contributed by atoms with Gasteiger partial charge in [0, 0.05) is 5.54 Å². The molecule has 3 nitrogen and oxygen atoms in total. The summed E-state index contributed by atoms with van der Waals surface area (Å²) in [6, 6.07) is 8.38. The molecule has 0 bridgehead atoms. The first-order valence-electron chi connectivity index (χ1n) is 7.80. The quantitative estimate of drug-likeness (QED) is 0.806. The lowest BCUT2D eigenvalue weighted by Gasteiger charge is -2.34. The van der Waals surface area contributed by atoms with Crippen LogP contribution in [0.15, 0.2) is 40.4 Å². The van der Waals surface area contributed by atoms with Crippen LogP contribution in [0.3, 0.4) is 0 Å². The highest BCUT2D eigenvalue weighted by molar-refractivity contribution is 8.03. The third-order valence-electron chi connectivity index (χ3n) is 3.67. The number of allylic oxidation sites excluding steroid dienone is 1. The van der Waals surface area contributed by atoms with E-state index in [2.05, 4.69) is 81.8 Å². The molecule has 0 spiro atoms. The minimum Gasteiger partial charge on any atom is -0.299 e. The van der Waals surface area contributed by atoms with Gasteiger partial charge >= 0.3 is 0 Å². The highest BCUT2D eigenvalue weighted by Crippen LogP contribution is 2.45. The zero-order valence-electron chi connectivity index (χ0n) is 14.3. The summed E-state index contributed by atoms with van der Waals surface area (Å²) in [5.41, 5.74) is 2.42. The molecule has 22 heavy (non-hydrogen) atoms. The predicted molar refractivity (Wildman–Crippen MR) is 95.1 cm³/mol. The Morgan fingerprint density at radius 2 is 1.77 bits per heavy atom. The van der Waals surface area contributed by atoms with Crippen molar-refractivity contribution in [3.05, 3.63) is 35.2 Å². The number of thioether (sulfide) groups is 1. The van der Waals surface area contributed by atoms with Crippen molar-refractivity contribution in [2.75, 3.05) is 0 Å². The van der Waals surface area contributed by atoms with Gasteiger partial charge in [-0.05, 0) is 49.3 Å². The highest BCUT2D eigenvalue weighted by Gasteiger charge is 2.31. The lowest BCUT2D eigenvalue weighted by molar-refractivity contribution is 0.328. The molecule has 0 amide bonds. The number of hydrogen-bond donors (Lipinski definition) is 1. The molecule has 0 unspecified atom stereocenters. The number of fused-ring (bicyclic) bond motifs is 3. The van der Waals surface area contributed by atoms with E-state index in [0.717, 1.165) is 10.7 Å². The maximum absolute atomic E-state index is 4.84. The fourth-order valence-corrected chi connectivity index (χ4v) is 3.82. The second-order valence-corrected chi connectivity index (χ2v) is 8.98. The summed E-state index contributed by atoms with van der Waals surface area (Å²) >= 11 is 1.79. The summed E-state index contributed by atoms with van der Waals surface area (Å²) in [6.45, 7) is 13.4. The Hall–Kier alpha value is -1.26. The van der Waals surface area contributed by atoms with E-state index in [1.54, 1.807) is 11.8 Å². The standard InChI is InChI=1S/C18H25N3S/c1-17(2,3)14-11-15(20-18(4,5)6)21-13-10-8-7-9-12(13)19-16(21)22-14/h7-11,15,20H,1-6H3/t15-/m0/s1. The third-order valence-corrected chi connectivity index (χ3v) is 5.11. The van der Waals surface area contributed by atoms with Crippen LogP contribution in [0.5, 0.6) is 0 Å². The number of nitrogens with zero attached hydrogens (tertiary/aromatic N) is 2. The van der Waals surface area contributed by atoms with Crippen molar-refractivity contribution < 1.29 is 0 Å². The minimum absolute atomic E-state index is 0.0365. The number of aromatic nitrogens is 2. The zero-order valence-corrected chi connectivity index (χ0v) is 15.1. The van der Waals surface area contributed by atoms with Crippen molar-refractivity contribution in [2.45, 2.75) is 58.4 Å². The molecule has 2 heterocycles. The van der Waals surface area contributed by atoms with Gasteiger partial charge in [0.15, 0.2) is 5.16 Å². The SMILES string of the molecule is CC(C)(C)N[C@@H]1C=C(C(C)(C)C)Sc2nc3ccccc3n21. The monoisotopic (exact) mass is 315 g/mol. The topological polar surface area (TPSA) is 29.9 Å². The molecule has 1 aliphatic heterocycles. The maximum atomic E-state index is 4.84. The van der Waals surface area contributed by atoms with Crippen molar-refractivity contribution >= 4 is 22.8 Å². The molecule has 0 aliphatic carbocycles. The maximum Gasteiger partial charge on any atom is 0.175 e. The number of imidazole rings is 1. The van der Waals surface area contributed by atoms with E-state index >= 15 is 0 Å². The molecule has 1 aliphatic rings. The fraction of sp³-hybridized carbons (Fsp3) is 0.500. The molecule has 3 rings (SSSR count). The van der Waals surface area contributed by atoms with E-state index in [9.17, 15) is 0 Å². The second-order valence-electron chi connectivity index (χ2n) is 7.98. The number of benzene rings is 1. The fourth-order valence-electron chi connectivity index (χ4n) is 2.67. The Balaban J connectivity index is 2.15. The molecule has 0 radical (unpaired) electrons. The van der Waals surface area contributed by atoms with E-state index in [1.807, 2.05) is 0 Å². The third kappa shape index (κ3) is 2.95. The highest BCUT2D eigenvalue weighted by atomic mass is 32.2. The van der Waals surface area contributed by atoms with Crippen LogP contribution < -0.4 is 5.32 Å². The van der Waals surface area contributed by atoms with Gasteiger partial charge in [-0.1, -0.05) is 44.7 Å². The van der Waals surface area contributed by atoms with Crippen LogP contribution in [-0.2, 0) is 0 Å². The molecule has 2 aromatic rings. The smallest absolute Gasteiger partial charge is 0.175 e. The number of para-hydroxylation sites is 2. The summed E-state index contributed by atoms with van der Waals surface area (Å²) < 4.78 is 2.32. The first-order valence-corrected chi connectivity index (χ1v) is 8.62. The number of hydrogen-bond acceptors (Lipinski definition) is 3. The van der Waals surface area contributed by atoms with Crippen LogP contribution in [0.4, 0.5) is 0 Å². The largest absolute Gasteiger partial charge is 0.299 e. The van der Waals surface area contributed by atoms with Crippen molar-refractivity contribution in [3.63, 3.8) is 0 Å². The molecule has 0 saturated carbocycles. The van der Waals surface area contributed by atoms with Crippen LogP contribution in [0, 0.1) is 5.41 Å². The Labute approximate surface area is 137 Å². The molecule has 1 N–H and O–H groups in total. The van der Waals surface area contributed by atoms with E-state index < -0.39 is 0 Å². The van der Waals surface area contributed by atoms with Gasteiger partial charge in [0.05, 0.1) is 11.0 Å². The van der Waals surface area contributed by atoms with E-state index in [0.29, 0.717) is 0 Å². The molecular weight excluding hydrogens is 290 g/mol. The Morgan fingerprint density at radius 1 is 1.09 bits per heavy atom. The minimum atomic E-state index is 0.0365. The molecule has 0 fully saturated rings. The van der Waals surface area contributed by atoms with E-state index in [4.69, 9.17) is 4.98 Å². The predicted octanol–water partition coefficient (Wildman–Crippen LogP) is 4.96. The second kappa shape index (κ2) is 5.14. The van der Waals surface area contributed by atoms with Gasteiger partial charge in [-0.2, -0.15) is 0 Å². The summed E-state index contributed by atoms with van der Waals surface area (Å²) in [4.78, 5) is 6.21. The molecule has 1 aromatic heterocycles. The Morgan fingerprint density at radius 3 is 2.41 bits per heavy atom. The zero-order chi connectivity index (χ0) is 16.1. The van der Waals surface area contributed by atoms with Crippen molar-refractivity contribution in [1.82, 2.24) is 14.9 Å². The molecule has 0 saturated heterocycles. The van der Waals surface area contributed by atoms with Crippen LogP contribution in [0.2, 0.25) is 0 Å². The van der Waals surface area contributed by atoms with Crippen LogP contribution in [-0.4, -0.2) is 15.1 Å². The number of rotatable bonds is 1. The van der Waals surface area contributed by atoms with Gasteiger partial charge in [0.1, 0.15) is 6.17 Å². The van der Waals surface area contributed by atoms with Gasteiger partial charge in [-0.15, -0.1) is 0 Å².